The Morgan fingerprint density at radius 3 is 2.86 bits per heavy atom. The SMILES string of the molecule is COc1cc(F)ccc1-c1ccc(=O)n(CC(=O)Nc2ccc3cc[nH]c3c2)n1. The number of halogens is 1. The molecule has 0 fully saturated rings. The first-order valence-electron chi connectivity index (χ1n) is 8.82. The molecule has 0 aliphatic heterocycles. The molecule has 0 aliphatic carbocycles. The van der Waals surface area contributed by atoms with Crippen LogP contribution in [-0.4, -0.2) is 27.8 Å². The van der Waals surface area contributed by atoms with Crippen molar-refractivity contribution in [2.75, 3.05) is 12.4 Å². The lowest BCUT2D eigenvalue weighted by atomic mass is 10.1. The maximum absolute atomic E-state index is 13.4. The van der Waals surface area contributed by atoms with Crippen molar-refractivity contribution in [3.63, 3.8) is 0 Å². The molecule has 0 atom stereocenters. The van der Waals surface area contributed by atoms with Gasteiger partial charge < -0.3 is 15.0 Å². The summed E-state index contributed by atoms with van der Waals surface area (Å²) in [5.74, 6) is -0.558. The summed E-state index contributed by atoms with van der Waals surface area (Å²) < 4.78 is 19.7. The largest absolute Gasteiger partial charge is 0.496 e. The van der Waals surface area contributed by atoms with E-state index < -0.39 is 17.3 Å². The molecule has 146 valence electrons. The number of hydrogen-bond acceptors (Lipinski definition) is 4. The molecule has 4 rings (SSSR count). The minimum absolute atomic E-state index is 0.265. The topological polar surface area (TPSA) is 89.0 Å². The molecule has 0 aliphatic rings. The Morgan fingerprint density at radius 1 is 1.17 bits per heavy atom. The van der Waals surface area contributed by atoms with Gasteiger partial charge in [0, 0.05) is 35.1 Å². The molecule has 4 aromatic rings. The molecule has 1 amide bonds. The number of methoxy groups -OCH3 is 1. The van der Waals surface area contributed by atoms with Gasteiger partial charge in [-0.15, -0.1) is 0 Å². The van der Waals surface area contributed by atoms with E-state index in [1.807, 2.05) is 24.4 Å². The number of nitrogens with one attached hydrogen (secondary N) is 2. The van der Waals surface area contributed by atoms with E-state index in [0.29, 0.717) is 16.9 Å². The van der Waals surface area contributed by atoms with E-state index >= 15 is 0 Å². The number of nitrogens with zero attached hydrogens (tertiary/aromatic N) is 2. The normalized spacial score (nSPS) is 10.8. The summed E-state index contributed by atoms with van der Waals surface area (Å²) >= 11 is 0. The summed E-state index contributed by atoms with van der Waals surface area (Å²) in [6.07, 6.45) is 1.81. The molecular weight excluding hydrogens is 375 g/mol. The molecule has 29 heavy (non-hydrogen) atoms. The van der Waals surface area contributed by atoms with Crippen LogP contribution in [-0.2, 0) is 11.3 Å². The van der Waals surface area contributed by atoms with E-state index in [2.05, 4.69) is 15.4 Å². The lowest BCUT2D eigenvalue weighted by Gasteiger charge is -2.11. The maximum Gasteiger partial charge on any atom is 0.267 e. The number of anilines is 1. The van der Waals surface area contributed by atoms with Gasteiger partial charge in [0.15, 0.2) is 0 Å². The van der Waals surface area contributed by atoms with Crippen LogP contribution in [0.1, 0.15) is 0 Å². The van der Waals surface area contributed by atoms with Crippen molar-refractivity contribution in [1.82, 2.24) is 14.8 Å². The van der Waals surface area contributed by atoms with Gasteiger partial charge in [0.25, 0.3) is 5.56 Å². The number of H-pyrrole nitrogens is 1. The summed E-state index contributed by atoms with van der Waals surface area (Å²) in [6, 6.07) is 14.2. The van der Waals surface area contributed by atoms with Crippen molar-refractivity contribution in [3.8, 4) is 17.0 Å². The summed E-state index contributed by atoms with van der Waals surface area (Å²) in [5.41, 5.74) is 1.98. The lowest BCUT2D eigenvalue weighted by molar-refractivity contribution is -0.117. The van der Waals surface area contributed by atoms with Gasteiger partial charge in [-0.1, -0.05) is 6.07 Å². The van der Waals surface area contributed by atoms with Gasteiger partial charge in [0.05, 0.1) is 12.8 Å². The van der Waals surface area contributed by atoms with Crippen LogP contribution in [0.4, 0.5) is 10.1 Å². The van der Waals surface area contributed by atoms with Crippen molar-refractivity contribution < 1.29 is 13.9 Å². The van der Waals surface area contributed by atoms with Crippen molar-refractivity contribution >= 4 is 22.5 Å². The van der Waals surface area contributed by atoms with Gasteiger partial charge in [0.2, 0.25) is 5.91 Å². The van der Waals surface area contributed by atoms with Gasteiger partial charge in [-0.05, 0) is 41.8 Å². The predicted octanol–water partition coefficient (Wildman–Crippen LogP) is 3.18. The van der Waals surface area contributed by atoms with Crippen LogP contribution in [0.15, 0.2) is 65.6 Å². The number of aromatic amines is 1. The van der Waals surface area contributed by atoms with Gasteiger partial charge in [0.1, 0.15) is 18.1 Å². The number of benzene rings is 2. The second kappa shape index (κ2) is 7.59. The molecule has 2 heterocycles. The standard InChI is InChI=1S/C21H17FN4O3/c1-29-19-10-14(22)3-5-16(19)17-6-7-21(28)26(25-17)12-20(27)24-15-4-2-13-8-9-23-18(13)11-15/h2-11,23H,12H2,1H3,(H,24,27). The zero-order valence-corrected chi connectivity index (χ0v) is 15.5. The average molecular weight is 392 g/mol. The number of carbonyl (C=O) groups is 1. The molecule has 8 heteroatoms. The second-order valence-electron chi connectivity index (χ2n) is 6.39. The van der Waals surface area contributed by atoms with Gasteiger partial charge in [-0.3, -0.25) is 9.59 Å². The molecule has 0 radical (unpaired) electrons. The predicted molar refractivity (Wildman–Crippen MR) is 107 cm³/mol. The Hall–Kier alpha value is -3.94. The number of rotatable bonds is 5. The van der Waals surface area contributed by atoms with Crippen molar-refractivity contribution in [2.45, 2.75) is 6.54 Å². The number of fused-ring (bicyclic) bond motifs is 1. The first kappa shape index (κ1) is 18.4. The molecule has 2 aromatic heterocycles. The fourth-order valence-electron chi connectivity index (χ4n) is 3.04. The Morgan fingerprint density at radius 2 is 2.03 bits per heavy atom. The van der Waals surface area contributed by atoms with Crippen LogP contribution < -0.4 is 15.6 Å². The number of amides is 1. The Balaban J connectivity index is 1.57. The van der Waals surface area contributed by atoms with E-state index in [1.54, 1.807) is 6.07 Å². The first-order valence-corrected chi connectivity index (χ1v) is 8.82. The van der Waals surface area contributed by atoms with Crippen LogP contribution in [0, 0.1) is 5.82 Å². The average Bonchev–Trinajstić information content (AvgIpc) is 3.17. The smallest absolute Gasteiger partial charge is 0.267 e. The first-order chi connectivity index (χ1) is 14.0. The van der Waals surface area contributed by atoms with Crippen molar-refractivity contribution in [3.05, 3.63) is 77.0 Å². The zero-order chi connectivity index (χ0) is 20.4. The minimum atomic E-state index is -0.447. The van der Waals surface area contributed by atoms with Gasteiger partial charge >= 0.3 is 0 Å². The molecule has 0 saturated carbocycles. The van der Waals surface area contributed by atoms with Gasteiger partial charge in [-0.25, -0.2) is 9.07 Å². The maximum atomic E-state index is 13.4. The molecular formula is C21H17FN4O3. The number of hydrogen-bond donors (Lipinski definition) is 2. The highest BCUT2D eigenvalue weighted by Gasteiger charge is 2.12. The molecule has 2 N–H and O–H groups in total. The summed E-state index contributed by atoms with van der Waals surface area (Å²) in [5, 5.41) is 8.02. The third kappa shape index (κ3) is 3.86. The van der Waals surface area contributed by atoms with E-state index in [1.165, 1.54) is 37.4 Å². The van der Waals surface area contributed by atoms with Crippen LogP contribution in [0.25, 0.3) is 22.2 Å². The third-order valence-electron chi connectivity index (χ3n) is 4.44. The van der Waals surface area contributed by atoms with Gasteiger partial charge in [-0.2, -0.15) is 5.10 Å². The fourth-order valence-corrected chi connectivity index (χ4v) is 3.04. The quantitative estimate of drug-likeness (QED) is 0.546. The van der Waals surface area contributed by atoms with Crippen LogP contribution in [0.3, 0.4) is 0 Å². The van der Waals surface area contributed by atoms with E-state index in [9.17, 15) is 14.0 Å². The van der Waals surface area contributed by atoms with E-state index in [0.717, 1.165) is 15.6 Å². The third-order valence-corrected chi connectivity index (χ3v) is 4.44. The Labute approximate surface area is 164 Å². The second-order valence-corrected chi connectivity index (χ2v) is 6.39. The molecule has 0 spiro atoms. The summed E-state index contributed by atoms with van der Waals surface area (Å²) in [7, 11) is 1.42. The molecule has 0 bridgehead atoms. The number of ether oxygens (including phenoxy) is 1. The van der Waals surface area contributed by atoms with E-state index in [-0.39, 0.29) is 12.3 Å². The Bertz CT molecular complexity index is 1260. The molecule has 0 unspecified atom stereocenters. The highest BCUT2D eigenvalue weighted by atomic mass is 19.1. The number of aromatic nitrogens is 3. The Kier molecular flexibility index (Phi) is 4.82. The summed E-state index contributed by atoms with van der Waals surface area (Å²) in [4.78, 5) is 27.7. The van der Waals surface area contributed by atoms with Crippen molar-refractivity contribution in [1.29, 1.82) is 0 Å². The zero-order valence-electron chi connectivity index (χ0n) is 15.5. The number of carbonyl (C=O) groups excluding carboxylic acids is 1. The highest BCUT2D eigenvalue weighted by Crippen LogP contribution is 2.28. The van der Waals surface area contributed by atoms with Crippen molar-refractivity contribution in [2.24, 2.45) is 0 Å². The molecule has 0 saturated heterocycles. The monoisotopic (exact) mass is 392 g/mol. The summed E-state index contributed by atoms with van der Waals surface area (Å²) in [6.45, 7) is -0.265. The van der Waals surface area contributed by atoms with Crippen LogP contribution in [0.2, 0.25) is 0 Å². The van der Waals surface area contributed by atoms with E-state index in [4.69, 9.17) is 4.74 Å². The van der Waals surface area contributed by atoms with Crippen LogP contribution in [0.5, 0.6) is 5.75 Å². The fraction of sp³-hybridized carbons (Fsp3) is 0.0952. The molecule has 7 nitrogen and oxygen atoms in total. The highest BCUT2D eigenvalue weighted by molar-refractivity contribution is 5.93. The lowest BCUT2D eigenvalue weighted by Crippen LogP contribution is -2.29. The van der Waals surface area contributed by atoms with Crippen LogP contribution >= 0.6 is 0 Å². The molecule has 2 aromatic carbocycles. The minimum Gasteiger partial charge on any atom is -0.496 e.